The predicted octanol–water partition coefficient (Wildman–Crippen LogP) is 1.50. The summed E-state index contributed by atoms with van der Waals surface area (Å²) in [7, 11) is -2.47. The summed E-state index contributed by atoms with van der Waals surface area (Å²) in [6.07, 6.45) is 2.06. The largest absolute Gasteiger partial charge is 0.326 e. The van der Waals surface area contributed by atoms with Crippen molar-refractivity contribution in [2.75, 3.05) is 11.4 Å². The van der Waals surface area contributed by atoms with Crippen LogP contribution >= 0.6 is 0 Å². The highest BCUT2D eigenvalue weighted by atomic mass is 32.2. The molecule has 0 spiro atoms. The van der Waals surface area contributed by atoms with Gasteiger partial charge in [-0.25, -0.2) is 12.8 Å². The minimum Gasteiger partial charge on any atom is -0.326 e. The third kappa shape index (κ3) is 2.63. The number of rotatable bonds is 4. The van der Waals surface area contributed by atoms with Crippen LogP contribution in [0.2, 0.25) is 0 Å². The van der Waals surface area contributed by atoms with Crippen LogP contribution < -0.4 is 10.0 Å². The third-order valence-electron chi connectivity index (χ3n) is 2.89. The number of nitrogens with zero attached hydrogens (tertiary/aromatic N) is 2. The highest BCUT2D eigenvalue weighted by molar-refractivity contribution is 7.92. The first kappa shape index (κ1) is 14.4. The lowest BCUT2D eigenvalue weighted by Gasteiger charge is -2.21. The lowest BCUT2D eigenvalue weighted by Crippen LogP contribution is -2.28. The molecule has 1 heterocycles. The van der Waals surface area contributed by atoms with Gasteiger partial charge in [0.05, 0.1) is 11.9 Å². The molecule has 2 aromatic rings. The molecule has 0 bridgehead atoms. The normalized spacial score (nSPS) is 11.3. The molecule has 0 radical (unpaired) electrons. The molecule has 106 valence electrons. The zero-order valence-electron chi connectivity index (χ0n) is 10.8. The van der Waals surface area contributed by atoms with Crippen LogP contribution in [0.15, 0.2) is 47.6 Å². The average molecular weight is 295 g/mol. The molecule has 0 aliphatic carbocycles. The predicted molar refractivity (Wildman–Crippen MR) is 74.1 cm³/mol. The molecular formula is C13H14FN3O2S. The molecule has 20 heavy (non-hydrogen) atoms. The van der Waals surface area contributed by atoms with Gasteiger partial charge in [-0.2, -0.15) is 0 Å². The molecule has 0 atom stereocenters. The molecule has 0 amide bonds. The van der Waals surface area contributed by atoms with E-state index in [1.54, 1.807) is 24.3 Å². The van der Waals surface area contributed by atoms with Crippen LogP contribution in [0.4, 0.5) is 10.1 Å². The Morgan fingerprint density at radius 3 is 2.65 bits per heavy atom. The fraction of sp³-hybridized carbons (Fsp3) is 0.154. The minimum absolute atomic E-state index is 0.202. The molecule has 0 saturated carbocycles. The summed E-state index contributed by atoms with van der Waals surface area (Å²) in [5.41, 5.74) is 6.74. The van der Waals surface area contributed by atoms with Gasteiger partial charge in [0.25, 0.3) is 10.0 Å². The zero-order chi connectivity index (χ0) is 14.8. The Morgan fingerprint density at radius 2 is 2.00 bits per heavy atom. The molecule has 2 N–H and O–H groups in total. The summed E-state index contributed by atoms with van der Waals surface area (Å²) in [5, 5.41) is 0. The van der Waals surface area contributed by atoms with E-state index < -0.39 is 15.8 Å². The van der Waals surface area contributed by atoms with Gasteiger partial charge in [0.2, 0.25) is 0 Å². The number of para-hydroxylation sites is 1. The van der Waals surface area contributed by atoms with Gasteiger partial charge in [-0.15, -0.1) is 0 Å². The number of hydrogen-bond donors (Lipinski definition) is 1. The summed E-state index contributed by atoms with van der Waals surface area (Å²) >= 11 is 0. The highest BCUT2D eigenvalue weighted by Crippen LogP contribution is 2.25. The summed E-state index contributed by atoms with van der Waals surface area (Å²) < 4.78 is 39.1. The molecule has 2 rings (SSSR count). The van der Waals surface area contributed by atoms with E-state index in [0.717, 1.165) is 22.8 Å². The Labute approximate surface area is 116 Å². The quantitative estimate of drug-likeness (QED) is 0.927. The van der Waals surface area contributed by atoms with Crippen molar-refractivity contribution in [3.63, 3.8) is 0 Å². The van der Waals surface area contributed by atoms with Gasteiger partial charge in [-0.3, -0.25) is 9.29 Å². The molecule has 1 aromatic heterocycles. The van der Waals surface area contributed by atoms with E-state index in [4.69, 9.17) is 5.73 Å². The molecule has 7 heteroatoms. The first-order valence-electron chi connectivity index (χ1n) is 5.84. The molecule has 0 aliphatic rings. The van der Waals surface area contributed by atoms with E-state index in [2.05, 4.69) is 4.98 Å². The van der Waals surface area contributed by atoms with Crippen molar-refractivity contribution in [3.8, 4) is 0 Å². The Balaban J connectivity index is 2.49. The van der Waals surface area contributed by atoms with E-state index in [-0.39, 0.29) is 11.4 Å². The van der Waals surface area contributed by atoms with Crippen molar-refractivity contribution in [3.05, 3.63) is 54.1 Å². The molecule has 1 aromatic carbocycles. The number of halogens is 1. The van der Waals surface area contributed by atoms with Crippen molar-refractivity contribution < 1.29 is 12.8 Å². The van der Waals surface area contributed by atoms with Crippen molar-refractivity contribution in [1.29, 1.82) is 0 Å². The maximum atomic E-state index is 13.1. The second kappa shape index (κ2) is 5.56. The Kier molecular flexibility index (Phi) is 4.01. The van der Waals surface area contributed by atoms with Crippen LogP contribution in [0.5, 0.6) is 0 Å². The average Bonchev–Trinajstić information content (AvgIpc) is 2.46. The van der Waals surface area contributed by atoms with Crippen LogP contribution in [-0.2, 0) is 16.6 Å². The number of aromatic nitrogens is 1. The monoisotopic (exact) mass is 295 g/mol. The standard InChI is InChI=1S/C13H14FN3O2S/c1-17(13-5-3-2-4-10(13)7-15)20(18,19)12-6-11(14)8-16-9-12/h2-6,8-9H,7,15H2,1H3. The lowest BCUT2D eigenvalue weighted by molar-refractivity contribution is 0.586. The molecule has 0 unspecified atom stereocenters. The topological polar surface area (TPSA) is 76.3 Å². The van der Waals surface area contributed by atoms with E-state index in [9.17, 15) is 12.8 Å². The van der Waals surface area contributed by atoms with E-state index in [1.807, 2.05) is 0 Å². The lowest BCUT2D eigenvalue weighted by atomic mass is 10.2. The van der Waals surface area contributed by atoms with Gasteiger partial charge < -0.3 is 5.73 Å². The zero-order valence-corrected chi connectivity index (χ0v) is 11.6. The Bertz CT molecular complexity index is 719. The number of pyridine rings is 1. The maximum absolute atomic E-state index is 13.1. The fourth-order valence-electron chi connectivity index (χ4n) is 1.81. The van der Waals surface area contributed by atoms with Gasteiger partial charge in [-0.1, -0.05) is 18.2 Å². The highest BCUT2D eigenvalue weighted by Gasteiger charge is 2.23. The first-order valence-corrected chi connectivity index (χ1v) is 7.28. The van der Waals surface area contributed by atoms with Crippen molar-refractivity contribution >= 4 is 15.7 Å². The van der Waals surface area contributed by atoms with Crippen LogP contribution in [0.3, 0.4) is 0 Å². The number of anilines is 1. The van der Waals surface area contributed by atoms with Gasteiger partial charge >= 0.3 is 0 Å². The molecule has 5 nitrogen and oxygen atoms in total. The second-order valence-electron chi connectivity index (χ2n) is 4.14. The van der Waals surface area contributed by atoms with Crippen LogP contribution in [0.25, 0.3) is 0 Å². The number of hydrogen-bond acceptors (Lipinski definition) is 4. The first-order chi connectivity index (χ1) is 9.46. The van der Waals surface area contributed by atoms with Crippen molar-refractivity contribution in [2.45, 2.75) is 11.4 Å². The summed E-state index contributed by atoms with van der Waals surface area (Å²) in [5.74, 6) is -0.702. The van der Waals surface area contributed by atoms with Crippen LogP contribution in [0, 0.1) is 5.82 Å². The molecule has 0 saturated heterocycles. The summed E-state index contributed by atoms with van der Waals surface area (Å²) in [6.45, 7) is 0.206. The van der Waals surface area contributed by atoms with Gasteiger partial charge in [0.15, 0.2) is 0 Å². The van der Waals surface area contributed by atoms with E-state index >= 15 is 0 Å². The Morgan fingerprint density at radius 1 is 1.30 bits per heavy atom. The fourth-order valence-corrected chi connectivity index (χ4v) is 3.02. The van der Waals surface area contributed by atoms with Crippen molar-refractivity contribution in [1.82, 2.24) is 4.98 Å². The Hall–Kier alpha value is -1.99. The van der Waals surface area contributed by atoms with E-state index in [1.165, 1.54) is 7.05 Å². The van der Waals surface area contributed by atoms with Gasteiger partial charge in [-0.05, 0) is 17.7 Å². The van der Waals surface area contributed by atoms with E-state index in [0.29, 0.717) is 11.3 Å². The number of benzene rings is 1. The minimum atomic E-state index is -3.87. The SMILES string of the molecule is CN(c1ccccc1CN)S(=O)(=O)c1cncc(F)c1. The third-order valence-corrected chi connectivity index (χ3v) is 4.63. The second-order valence-corrected chi connectivity index (χ2v) is 6.11. The number of sulfonamides is 1. The van der Waals surface area contributed by atoms with Gasteiger partial charge in [0.1, 0.15) is 10.7 Å². The molecule has 0 fully saturated rings. The van der Waals surface area contributed by atoms with Crippen LogP contribution in [0.1, 0.15) is 5.56 Å². The molecular weight excluding hydrogens is 281 g/mol. The molecule has 0 aliphatic heterocycles. The number of nitrogens with two attached hydrogens (primary N) is 1. The van der Waals surface area contributed by atoms with Gasteiger partial charge in [0, 0.05) is 19.8 Å². The maximum Gasteiger partial charge on any atom is 0.265 e. The van der Waals surface area contributed by atoms with Crippen LogP contribution in [-0.4, -0.2) is 20.4 Å². The smallest absolute Gasteiger partial charge is 0.265 e. The summed E-state index contributed by atoms with van der Waals surface area (Å²) in [4.78, 5) is 3.36. The van der Waals surface area contributed by atoms with Crippen molar-refractivity contribution in [2.24, 2.45) is 5.73 Å². The summed E-state index contributed by atoms with van der Waals surface area (Å²) in [6, 6.07) is 7.81.